The predicted molar refractivity (Wildman–Crippen MR) is 95.6 cm³/mol. The van der Waals surface area contributed by atoms with Gasteiger partial charge in [0.25, 0.3) is 0 Å². The molecule has 0 bridgehead atoms. The molecule has 1 aliphatic heterocycles. The van der Waals surface area contributed by atoms with Crippen LogP contribution in [0.25, 0.3) is 0 Å². The van der Waals surface area contributed by atoms with Gasteiger partial charge in [0, 0.05) is 19.6 Å². The fraction of sp³-hybridized carbons (Fsp3) is 0.500. The van der Waals surface area contributed by atoms with Crippen LogP contribution < -0.4 is 15.0 Å². The number of anilines is 2. The second-order valence-corrected chi connectivity index (χ2v) is 6.32. The summed E-state index contributed by atoms with van der Waals surface area (Å²) < 4.78 is 5.38. The number of methoxy groups -OCH3 is 1. The summed E-state index contributed by atoms with van der Waals surface area (Å²) >= 11 is 0. The van der Waals surface area contributed by atoms with Crippen LogP contribution in [0, 0.1) is 5.92 Å². The first-order valence-corrected chi connectivity index (χ1v) is 8.56. The van der Waals surface area contributed by atoms with E-state index in [0.29, 0.717) is 5.92 Å². The Kier molecular flexibility index (Phi) is 5.46. The molecule has 1 fully saturated rings. The van der Waals surface area contributed by atoms with Crippen LogP contribution in [0.2, 0.25) is 0 Å². The smallest absolute Gasteiger partial charge is 0.247 e. The van der Waals surface area contributed by atoms with Gasteiger partial charge in [-0.3, -0.25) is 0 Å². The molecule has 3 rings (SSSR count). The normalized spacial score (nSPS) is 17.6. The van der Waals surface area contributed by atoms with E-state index >= 15 is 0 Å². The third-order valence-corrected chi connectivity index (χ3v) is 4.38. The van der Waals surface area contributed by atoms with E-state index in [0.717, 1.165) is 43.6 Å². The van der Waals surface area contributed by atoms with E-state index in [2.05, 4.69) is 38.4 Å². The minimum absolute atomic E-state index is 0.685. The maximum Gasteiger partial charge on any atom is 0.247 e. The molecule has 1 saturated heterocycles. The lowest BCUT2D eigenvalue weighted by atomic mass is 10.0. The summed E-state index contributed by atoms with van der Waals surface area (Å²) in [5.74, 6) is 3.10. The van der Waals surface area contributed by atoms with Crippen molar-refractivity contribution < 1.29 is 4.74 Å². The molecule has 0 spiro atoms. The molecule has 1 N–H and O–H groups in total. The highest BCUT2D eigenvalue weighted by Crippen LogP contribution is 2.20. The van der Waals surface area contributed by atoms with Gasteiger partial charge >= 0.3 is 0 Å². The van der Waals surface area contributed by atoms with E-state index in [4.69, 9.17) is 4.74 Å². The van der Waals surface area contributed by atoms with Gasteiger partial charge in [0.1, 0.15) is 5.75 Å². The summed E-state index contributed by atoms with van der Waals surface area (Å²) in [6.45, 7) is 5.06. The zero-order valence-corrected chi connectivity index (χ0v) is 14.4. The zero-order chi connectivity index (χ0) is 16.8. The molecule has 1 atom stereocenters. The summed E-state index contributed by atoms with van der Waals surface area (Å²) in [7, 11) is 1.70. The monoisotopic (exact) mass is 327 g/mol. The Hall–Kier alpha value is -2.37. The number of hydrogen-bond donors (Lipinski definition) is 1. The lowest BCUT2D eigenvalue weighted by Gasteiger charge is -2.30. The van der Waals surface area contributed by atoms with Crippen molar-refractivity contribution >= 4 is 11.8 Å². The van der Waals surface area contributed by atoms with Gasteiger partial charge in [0.15, 0.2) is 5.82 Å². The Bertz CT molecular complexity index is 663. The highest BCUT2D eigenvalue weighted by atomic mass is 16.5. The highest BCUT2D eigenvalue weighted by molar-refractivity contribution is 5.40. The molecule has 2 heterocycles. The van der Waals surface area contributed by atoms with Crippen LogP contribution in [0.4, 0.5) is 11.8 Å². The first-order valence-electron chi connectivity index (χ1n) is 8.56. The Labute approximate surface area is 143 Å². The second kappa shape index (κ2) is 7.95. The number of nitrogens with zero attached hydrogens (tertiary/aromatic N) is 4. The molecule has 1 unspecified atom stereocenters. The number of nitrogens with one attached hydrogen (secondary N) is 1. The molecule has 128 valence electrons. The fourth-order valence-corrected chi connectivity index (χ4v) is 3.12. The van der Waals surface area contributed by atoms with Gasteiger partial charge in [-0.2, -0.15) is 10.1 Å². The average molecular weight is 327 g/mol. The molecule has 1 aromatic heterocycles. The number of hydrogen-bond acceptors (Lipinski definition) is 6. The van der Waals surface area contributed by atoms with Crippen molar-refractivity contribution in [3.63, 3.8) is 0 Å². The summed E-state index contributed by atoms with van der Waals surface area (Å²) in [5, 5.41) is 11.6. The molecular weight excluding hydrogens is 302 g/mol. The number of rotatable bonds is 6. The molecule has 6 heteroatoms. The molecule has 24 heavy (non-hydrogen) atoms. The van der Waals surface area contributed by atoms with Crippen molar-refractivity contribution in [1.29, 1.82) is 0 Å². The van der Waals surface area contributed by atoms with Crippen molar-refractivity contribution in [2.24, 2.45) is 5.92 Å². The van der Waals surface area contributed by atoms with Gasteiger partial charge in [-0.1, -0.05) is 25.1 Å². The fourth-order valence-electron chi connectivity index (χ4n) is 3.12. The van der Waals surface area contributed by atoms with Crippen LogP contribution in [-0.2, 0) is 6.42 Å². The average Bonchev–Trinajstić information content (AvgIpc) is 2.62. The van der Waals surface area contributed by atoms with Gasteiger partial charge in [-0.15, -0.1) is 5.10 Å². The third-order valence-electron chi connectivity index (χ3n) is 4.38. The Balaban J connectivity index is 1.58. The van der Waals surface area contributed by atoms with Crippen molar-refractivity contribution in [2.45, 2.75) is 26.2 Å². The topological polar surface area (TPSA) is 63.2 Å². The Morgan fingerprint density at radius 2 is 2.21 bits per heavy atom. The molecule has 0 amide bonds. The summed E-state index contributed by atoms with van der Waals surface area (Å²) in [6, 6.07) is 8.08. The minimum Gasteiger partial charge on any atom is -0.496 e. The van der Waals surface area contributed by atoms with E-state index in [1.165, 1.54) is 18.4 Å². The Morgan fingerprint density at radius 3 is 3.04 bits per heavy atom. The van der Waals surface area contributed by atoms with Crippen molar-refractivity contribution in [3.8, 4) is 5.75 Å². The van der Waals surface area contributed by atoms with E-state index < -0.39 is 0 Å². The number of para-hydroxylation sites is 1. The van der Waals surface area contributed by atoms with Gasteiger partial charge in [-0.05, 0) is 36.8 Å². The van der Waals surface area contributed by atoms with Gasteiger partial charge in [-0.25, -0.2) is 0 Å². The van der Waals surface area contributed by atoms with E-state index in [-0.39, 0.29) is 0 Å². The molecule has 1 aromatic carbocycles. The second-order valence-electron chi connectivity index (χ2n) is 6.32. The van der Waals surface area contributed by atoms with E-state index in [1.54, 1.807) is 13.3 Å². The summed E-state index contributed by atoms with van der Waals surface area (Å²) in [4.78, 5) is 6.84. The largest absolute Gasteiger partial charge is 0.496 e. The Morgan fingerprint density at radius 1 is 1.33 bits per heavy atom. The highest BCUT2D eigenvalue weighted by Gasteiger charge is 2.19. The molecule has 0 aliphatic carbocycles. The van der Waals surface area contributed by atoms with Gasteiger partial charge in [0.2, 0.25) is 5.95 Å². The zero-order valence-electron chi connectivity index (χ0n) is 14.4. The lowest BCUT2D eigenvalue weighted by molar-refractivity contribution is 0.410. The summed E-state index contributed by atoms with van der Waals surface area (Å²) in [5.41, 5.74) is 1.18. The van der Waals surface area contributed by atoms with E-state index in [1.807, 2.05) is 18.2 Å². The van der Waals surface area contributed by atoms with Crippen LogP contribution in [0.5, 0.6) is 5.75 Å². The van der Waals surface area contributed by atoms with Crippen LogP contribution in [0.1, 0.15) is 25.3 Å². The van der Waals surface area contributed by atoms with Crippen LogP contribution in [0.3, 0.4) is 0 Å². The van der Waals surface area contributed by atoms with Crippen LogP contribution >= 0.6 is 0 Å². The SMILES string of the molecule is COc1ccccc1CCNc1cnnc(N2CCCC(C)C2)n1. The lowest BCUT2D eigenvalue weighted by Crippen LogP contribution is -2.35. The first kappa shape index (κ1) is 16.5. The van der Waals surface area contributed by atoms with Gasteiger partial charge in [0.05, 0.1) is 13.3 Å². The number of benzene rings is 1. The number of ether oxygens (including phenoxy) is 1. The minimum atomic E-state index is 0.685. The molecule has 0 radical (unpaired) electrons. The van der Waals surface area contributed by atoms with Gasteiger partial charge < -0.3 is 15.0 Å². The predicted octanol–water partition coefficient (Wildman–Crippen LogP) is 2.77. The quantitative estimate of drug-likeness (QED) is 0.880. The maximum absolute atomic E-state index is 5.38. The third kappa shape index (κ3) is 4.13. The molecule has 2 aromatic rings. The van der Waals surface area contributed by atoms with Crippen molar-refractivity contribution in [1.82, 2.24) is 15.2 Å². The number of aromatic nitrogens is 3. The van der Waals surface area contributed by atoms with Crippen LogP contribution in [0.15, 0.2) is 30.5 Å². The summed E-state index contributed by atoms with van der Waals surface area (Å²) in [6.07, 6.45) is 5.01. The maximum atomic E-state index is 5.38. The first-order chi connectivity index (χ1) is 11.8. The molecular formula is C18H25N5O. The van der Waals surface area contributed by atoms with Crippen LogP contribution in [-0.4, -0.2) is 41.9 Å². The standard InChI is InChI=1S/C18H25N5O/c1-14-6-5-11-23(13-14)18-21-17(12-20-22-18)19-10-9-15-7-3-4-8-16(15)24-2/h3-4,7-8,12,14H,5-6,9-11,13H2,1-2H3,(H,19,21,22). The van der Waals surface area contributed by atoms with E-state index in [9.17, 15) is 0 Å². The molecule has 6 nitrogen and oxygen atoms in total. The van der Waals surface area contributed by atoms with Crippen molar-refractivity contribution in [2.75, 3.05) is 37.0 Å². The molecule has 0 saturated carbocycles. The number of piperidine rings is 1. The molecule has 1 aliphatic rings. The van der Waals surface area contributed by atoms with Crippen molar-refractivity contribution in [3.05, 3.63) is 36.0 Å².